The molecule has 8 nitrogen and oxygen atoms in total. The minimum atomic E-state index is -1.64. The fourth-order valence-electron chi connectivity index (χ4n) is 2.99. The van der Waals surface area contributed by atoms with Crippen molar-refractivity contribution in [3.05, 3.63) is 54.2 Å². The molecule has 0 saturated heterocycles. The monoisotopic (exact) mass is 397 g/mol. The molecule has 9 heteroatoms. The molecule has 0 aliphatic carbocycles. The number of aromatic nitrogens is 1. The zero-order valence-corrected chi connectivity index (χ0v) is 16.4. The van der Waals surface area contributed by atoms with Gasteiger partial charge in [-0.2, -0.15) is 0 Å². The minimum Gasteiger partial charge on any atom is -0.439 e. The third kappa shape index (κ3) is 5.79. The molecule has 0 bridgehead atoms. The highest BCUT2D eigenvalue weighted by molar-refractivity contribution is 6.43. The van der Waals surface area contributed by atoms with Gasteiger partial charge in [-0.05, 0) is 30.5 Å². The van der Waals surface area contributed by atoms with E-state index in [1.807, 2.05) is 32.0 Å². The third-order valence-electron chi connectivity index (χ3n) is 4.40. The topological polar surface area (TPSA) is 113 Å². The van der Waals surface area contributed by atoms with E-state index in [0.717, 1.165) is 5.56 Å². The van der Waals surface area contributed by atoms with Crippen molar-refractivity contribution in [2.24, 2.45) is 11.1 Å². The van der Waals surface area contributed by atoms with E-state index in [1.165, 1.54) is 0 Å². The third-order valence-corrected chi connectivity index (χ3v) is 4.40. The lowest BCUT2D eigenvalue weighted by Gasteiger charge is -2.20. The minimum absolute atomic E-state index is 0.195. The van der Waals surface area contributed by atoms with Crippen LogP contribution < -0.4 is 10.1 Å². The Morgan fingerprint density at radius 2 is 2.14 bits per heavy atom. The number of pyridine rings is 1. The summed E-state index contributed by atoms with van der Waals surface area (Å²) >= 11 is 0. The Hall–Kier alpha value is -2.91. The zero-order chi connectivity index (χ0) is 20.8. The average molecular weight is 397 g/mol. The van der Waals surface area contributed by atoms with Crippen LogP contribution in [0.1, 0.15) is 32.3 Å². The summed E-state index contributed by atoms with van der Waals surface area (Å²) in [5.74, 6) is 0.0800. The van der Waals surface area contributed by atoms with E-state index in [9.17, 15) is 14.8 Å². The van der Waals surface area contributed by atoms with Gasteiger partial charge in [0.25, 0.3) is 5.91 Å². The molecule has 0 radical (unpaired) electrons. The van der Waals surface area contributed by atoms with Crippen LogP contribution in [0.2, 0.25) is 0 Å². The number of carbonyl (C=O) groups is 1. The van der Waals surface area contributed by atoms with Crippen LogP contribution in [0.3, 0.4) is 0 Å². The van der Waals surface area contributed by atoms with Crippen LogP contribution in [0.4, 0.5) is 0 Å². The van der Waals surface area contributed by atoms with Crippen molar-refractivity contribution in [1.82, 2.24) is 10.3 Å². The molecule has 1 aromatic carbocycles. The van der Waals surface area contributed by atoms with E-state index >= 15 is 0 Å². The smallest absolute Gasteiger partial charge is 0.439 e. The Bertz CT molecular complexity index is 860. The Morgan fingerprint density at radius 3 is 2.83 bits per heavy atom. The Balaban J connectivity index is 1.61. The standard InChI is InChI=1S/C20H24BN3O5/c1-13(2)10-18(21(26)27)23-20(25)17-12-16(24-29-17)14-6-5-7-15(11-14)28-19-8-3-4-9-22-19/h3-9,11,13,17-18,26-27H,10,12H2,1-2H3,(H,23,25). The number of oxime groups is 1. The van der Waals surface area contributed by atoms with Crippen LogP contribution in [-0.4, -0.2) is 45.8 Å². The average Bonchev–Trinajstić information content (AvgIpc) is 3.18. The van der Waals surface area contributed by atoms with Gasteiger partial charge in [0.05, 0.1) is 11.7 Å². The number of ether oxygens (including phenoxy) is 1. The maximum atomic E-state index is 12.5. The highest BCUT2D eigenvalue weighted by Crippen LogP contribution is 2.24. The second-order valence-electron chi connectivity index (χ2n) is 7.29. The predicted molar refractivity (Wildman–Crippen MR) is 108 cm³/mol. The van der Waals surface area contributed by atoms with Gasteiger partial charge < -0.3 is 24.9 Å². The van der Waals surface area contributed by atoms with Crippen LogP contribution in [0.15, 0.2) is 53.8 Å². The molecule has 2 heterocycles. The van der Waals surface area contributed by atoms with Crippen LogP contribution in [0.25, 0.3) is 0 Å². The first-order chi connectivity index (χ1) is 13.9. The molecule has 1 aliphatic rings. The highest BCUT2D eigenvalue weighted by atomic mass is 16.6. The molecule has 1 amide bonds. The van der Waals surface area contributed by atoms with E-state index in [1.54, 1.807) is 30.5 Å². The van der Waals surface area contributed by atoms with E-state index in [4.69, 9.17) is 9.57 Å². The molecule has 1 aromatic heterocycles. The van der Waals surface area contributed by atoms with E-state index in [2.05, 4.69) is 15.5 Å². The summed E-state index contributed by atoms with van der Waals surface area (Å²) in [7, 11) is -1.64. The van der Waals surface area contributed by atoms with E-state index in [0.29, 0.717) is 23.8 Å². The maximum absolute atomic E-state index is 12.5. The van der Waals surface area contributed by atoms with Gasteiger partial charge in [0, 0.05) is 24.2 Å². The van der Waals surface area contributed by atoms with Crippen molar-refractivity contribution in [1.29, 1.82) is 0 Å². The largest absolute Gasteiger partial charge is 0.475 e. The molecule has 3 rings (SSSR count). The summed E-state index contributed by atoms with van der Waals surface area (Å²) in [6.45, 7) is 3.88. The van der Waals surface area contributed by atoms with E-state index < -0.39 is 25.1 Å². The molecule has 2 unspecified atom stereocenters. The number of carbonyl (C=O) groups excluding carboxylic acids is 1. The molecule has 2 aromatic rings. The second kappa shape index (κ2) is 9.53. The highest BCUT2D eigenvalue weighted by Gasteiger charge is 2.33. The SMILES string of the molecule is CC(C)CC(NC(=O)C1CC(c2cccc(Oc3ccccn3)c2)=NO1)B(O)O. The first-order valence-electron chi connectivity index (χ1n) is 9.51. The Labute approximate surface area is 169 Å². The molecule has 0 fully saturated rings. The molecule has 0 spiro atoms. The lowest BCUT2D eigenvalue weighted by Crippen LogP contribution is -2.50. The van der Waals surface area contributed by atoms with Crippen LogP contribution in [0.5, 0.6) is 11.6 Å². The lowest BCUT2D eigenvalue weighted by molar-refractivity contribution is -0.131. The first-order valence-corrected chi connectivity index (χ1v) is 9.51. The van der Waals surface area contributed by atoms with Crippen LogP contribution in [0, 0.1) is 5.92 Å². The first kappa shape index (κ1) is 20.8. The molecular formula is C20H24BN3O5. The van der Waals surface area contributed by atoms with Crippen molar-refractivity contribution >= 4 is 18.7 Å². The Kier molecular flexibility index (Phi) is 6.84. The van der Waals surface area contributed by atoms with Crippen LogP contribution >= 0.6 is 0 Å². The number of amides is 1. The lowest BCUT2D eigenvalue weighted by atomic mass is 9.75. The van der Waals surface area contributed by atoms with Crippen molar-refractivity contribution in [3.63, 3.8) is 0 Å². The second-order valence-corrected chi connectivity index (χ2v) is 7.29. The van der Waals surface area contributed by atoms with Crippen molar-refractivity contribution in [3.8, 4) is 11.6 Å². The molecule has 2 atom stereocenters. The molecule has 152 valence electrons. The summed E-state index contributed by atoms with van der Waals surface area (Å²) in [5, 5.41) is 25.6. The number of rotatable bonds is 8. The molecule has 0 saturated carbocycles. The van der Waals surface area contributed by atoms with Gasteiger partial charge >= 0.3 is 7.12 Å². The fourth-order valence-corrected chi connectivity index (χ4v) is 2.99. The number of nitrogens with zero attached hydrogens (tertiary/aromatic N) is 2. The number of benzene rings is 1. The quantitative estimate of drug-likeness (QED) is 0.587. The van der Waals surface area contributed by atoms with Gasteiger partial charge in [-0.3, -0.25) is 4.79 Å². The van der Waals surface area contributed by atoms with Gasteiger partial charge in [0.1, 0.15) is 5.75 Å². The van der Waals surface area contributed by atoms with Crippen molar-refractivity contribution in [2.45, 2.75) is 38.7 Å². The molecule has 3 N–H and O–H groups in total. The number of hydrogen-bond acceptors (Lipinski definition) is 7. The summed E-state index contributed by atoms with van der Waals surface area (Å²) in [4.78, 5) is 21.9. The summed E-state index contributed by atoms with van der Waals surface area (Å²) in [6, 6.07) is 12.7. The molecule has 1 aliphatic heterocycles. The maximum Gasteiger partial charge on any atom is 0.475 e. The molecular weight excluding hydrogens is 373 g/mol. The van der Waals surface area contributed by atoms with Gasteiger partial charge in [0.15, 0.2) is 0 Å². The predicted octanol–water partition coefficient (Wildman–Crippen LogP) is 1.91. The van der Waals surface area contributed by atoms with Gasteiger partial charge in [-0.25, -0.2) is 4.98 Å². The van der Waals surface area contributed by atoms with Gasteiger partial charge in [-0.15, -0.1) is 0 Å². The number of nitrogens with one attached hydrogen (secondary N) is 1. The normalized spacial score (nSPS) is 16.7. The van der Waals surface area contributed by atoms with Gasteiger partial charge in [0.2, 0.25) is 12.0 Å². The zero-order valence-electron chi connectivity index (χ0n) is 16.4. The van der Waals surface area contributed by atoms with Crippen molar-refractivity contribution in [2.75, 3.05) is 0 Å². The summed E-state index contributed by atoms with van der Waals surface area (Å²) in [5.41, 5.74) is 1.39. The van der Waals surface area contributed by atoms with E-state index in [-0.39, 0.29) is 12.3 Å². The summed E-state index contributed by atoms with van der Waals surface area (Å²) in [6.07, 6.45) is 1.54. The van der Waals surface area contributed by atoms with Crippen molar-refractivity contribution < 1.29 is 24.4 Å². The molecule has 29 heavy (non-hydrogen) atoms. The Morgan fingerprint density at radius 1 is 1.31 bits per heavy atom. The number of hydrogen-bond donors (Lipinski definition) is 3. The van der Waals surface area contributed by atoms with Crippen LogP contribution in [-0.2, 0) is 9.63 Å². The van der Waals surface area contributed by atoms with Gasteiger partial charge in [-0.1, -0.05) is 37.2 Å². The fraction of sp³-hybridized carbons (Fsp3) is 0.350. The summed E-state index contributed by atoms with van der Waals surface area (Å²) < 4.78 is 5.73.